The number of nitrogens with zero attached hydrogens (tertiary/aromatic N) is 2. The molecule has 0 fully saturated rings. The predicted octanol–water partition coefficient (Wildman–Crippen LogP) is 1.60. The Balaban J connectivity index is 2.17. The van der Waals surface area contributed by atoms with Gasteiger partial charge in [-0.2, -0.15) is 0 Å². The second-order valence-electron chi connectivity index (χ2n) is 3.18. The molecule has 4 heteroatoms. The van der Waals surface area contributed by atoms with Gasteiger partial charge in [-0.1, -0.05) is 0 Å². The zero-order valence-electron chi connectivity index (χ0n) is 8.18. The number of hydrogen-bond donors (Lipinski definition) is 1. The first kappa shape index (κ1) is 9.58. The Morgan fingerprint density at radius 3 is 3.13 bits per heavy atom. The van der Waals surface area contributed by atoms with Gasteiger partial charge in [0.1, 0.15) is 12.1 Å². The summed E-state index contributed by atoms with van der Waals surface area (Å²) in [5.74, 6) is 0.834. The average molecular weight is 201 g/mol. The van der Waals surface area contributed by atoms with Gasteiger partial charge in [0.25, 0.3) is 0 Å². The first-order valence-electron chi connectivity index (χ1n) is 4.78. The lowest BCUT2D eigenvalue weighted by Gasteiger charge is -1.93. The minimum absolute atomic E-state index is 0.500. The smallest absolute Gasteiger partial charge is 0.120 e. The van der Waals surface area contributed by atoms with Crippen LogP contribution in [-0.2, 0) is 11.2 Å². The fourth-order valence-electron chi connectivity index (χ4n) is 1.35. The van der Waals surface area contributed by atoms with Crippen LogP contribution in [0.2, 0.25) is 0 Å². The zero-order valence-corrected chi connectivity index (χ0v) is 8.18. The molecule has 1 N–H and O–H groups in total. The van der Waals surface area contributed by atoms with Crippen molar-refractivity contribution in [1.82, 2.24) is 15.0 Å². The van der Waals surface area contributed by atoms with Gasteiger partial charge in [0.2, 0.25) is 0 Å². The second kappa shape index (κ2) is 4.50. The van der Waals surface area contributed by atoms with Gasteiger partial charge in [-0.25, -0.2) is 4.98 Å². The predicted molar refractivity (Wildman–Crippen MR) is 56.2 cm³/mol. The van der Waals surface area contributed by atoms with E-state index in [1.165, 1.54) is 0 Å². The quantitative estimate of drug-likeness (QED) is 0.764. The Hall–Kier alpha value is -1.97. The van der Waals surface area contributed by atoms with Gasteiger partial charge in [0.05, 0.1) is 5.69 Å². The lowest BCUT2D eigenvalue weighted by atomic mass is 10.2. The standard InChI is InChI=1S/C11H11N3O/c15-6-2-4-11-13-8-10(14-11)9-3-1-5-12-7-9/h1,3,5-8H,2,4H2,(H,13,14). The van der Waals surface area contributed by atoms with E-state index in [1.54, 1.807) is 12.4 Å². The Kier molecular flexibility index (Phi) is 2.88. The van der Waals surface area contributed by atoms with E-state index in [4.69, 9.17) is 0 Å². The van der Waals surface area contributed by atoms with Crippen molar-refractivity contribution in [2.45, 2.75) is 12.8 Å². The number of aromatic nitrogens is 3. The lowest BCUT2D eigenvalue weighted by Crippen LogP contribution is -1.88. The zero-order chi connectivity index (χ0) is 10.5. The molecule has 76 valence electrons. The molecule has 15 heavy (non-hydrogen) atoms. The summed E-state index contributed by atoms with van der Waals surface area (Å²) < 4.78 is 0. The maximum absolute atomic E-state index is 10.2. The molecular weight excluding hydrogens is 190 g/mol. The van der Waals surface area contributed by atoms with Crippen LogP contribution in [0.15, 0.2) is 30.7 Å². The number of rotatable bonds is 4. The topological polar surface area (TPSA) is 58.6 Å². The van der Waals surface area contributed by atoms with Crippen molar-refractivity contribution in [3.63, 3.8) is 0 Å². The van der Waals surface area contributed by atoms with E-state index in [0.29, 0.717) is 12.8 Å². The third kappa shape index (κ3) is 2.28. The summed E-state index contributed by atoms with van der Waals surface area (Å²) in [6.45, 7) is 0. The third-order valence-corrected chi connectivity index (χ3v) is 2.09. The molecule has 0 aromatic carbocycles. The highest BCUT2D eigenvalue weighted by Crippen LogP contribution is 2.15. The van der Waals surface area contributed by atoms with E-state index in [2.05, 4.69) is 15.0 Å². The molecule has 0 aliphatic carbocycles. The van der Waals surface area contributed by atoms with Crippen molar-refractivity contribution in [1.29, 1.82) is 0 Å². The monoisotopic (exact) mass is 201 g/mol. The Labute approximate surface area is 87.4 Å². The second-order valence-corrected chi connectivity index (χ2v) is 3.18. The number of aryl methyl sites for hydroxylation is 1. The Morgan fingerprint density at radius 1 is 1.47 bits per heavy atom. The van der Waals surface area contributed by atoms with Gasteiger partial charge in [-0.05, 0) is 12.1 Å². The minimum Gasteiger partial charge on any atom is -0.348 e. The Bertz CT molecular complexity index is 436. The lowest BCUT2D eigenvalue weighted by molar-refractivity contribution is -0.107. The fraction of sp³-hybridized carbons (Fsp3) is 0.182. The summed E-state index contributed by atoms with van der Waals surface area (Å²) in [5.41, 5.74) is 1.84. The van der Waals surface area contributed by atoms with Crippen LogP contribution in [0, 0.1) is 0 Å². The summed E-state index contributed by atoms with van der Waals surface area (Å²) >= 11 is 0. The van der Waals surface area contributed by atoms with E-state index >= 15 is 0 Å². The van der Waals surface area contributed by atoms with Crippen LogP contribution in [0.1, 0.15) is 12.2 Å². The van der Waals surface area contributed by atoms with Crippen molar-refractivity contribution < 1.29 is 4.79 Å². The van der Waals surface area contributed by atoms with Gasteiger partial charge >= 0.3 is 0 Å². The van der Waals surface area contributed by atoms with Crippen molar-refractivity contribution in [3.8, 4) is 11.3 Å². The first-order chi connectivity index (χ1) is 7.40. The molecule has 0 bridgehead atoms. The van der Waals surface area contributed by atoms with Gasteiger partial charge in [0, 0.05) is 37.0 Å². The molecule has 0 amide bonds. The van der Waals surface area contributed by atoms with Crippen molar-refractivity contribution in [2.75, 3.05) is 0 Å². The number of aldehydes is 1. The molecule has 0 atom stereocenters. The van der Waals surface area contributed by atoms with Crippen LogP contribution in [0.3, 0.4) is 0 Å². The summed E-state index contributed by atoms with van der Waals surface area (Å²) in [4.78, 5) is 21.6. The van der Waals surface area contributed by atoms with E-state index < -0.39 is 0 Å². The molecule has 4 nitrogen and oxygen atoms in total. The van der Waals surface area contributed by atoms with Crippen molar-refractivity contribution >= 4 is 6.29 Å². The summed E-state index contributed by atoms with van der Waals surface area (Å²) in [6.07, 6.45) is 7.37. The van der Waals surface area contributed by atoms with Crippen LogP contribution in [0.25, 0.3) is 11.3 Å². The van der Waals surface area contributed by atoms with E-state index in [0.717, 1.165) is 23.4 Å². The SMILES string of the molecule is O=CCCc1nc(-c2cccnc2)c[nH]1. The highest BCUT2D eigenvalue weighted by molar-refractivity contribution is 5.57. The van der Waals surface area contributed by atoms with Crippen molar-refractivity contribution in [2.24, 2.45) is 0 Å². The number of hydrogen-bond acceptors (Lipinski definition) is 3. The van der Waals surface area contributed by atoms with Gasteiger partial charge in [-0.15, -0.1) is 0 Å². The maximum Gasteiger partial charge on any atom is 0.120 e. The molecule has 2 aromatic heterocycles. The molecule has 2 aromatic rings. The van der Waals surface area contributed by atoms with Crippen LogP contribution >= 0.6 is 0 Å². The van der Waals surface area contributed by atoms with Gasteiger partial charge in [0.15, 0.2) is 0 Å². The molecule has 0 radical (unpaired) electrons. The van der Waals surface area contributed by atoms with Gasteiger partial charge in [-0.3, -0.25) is 4.98 Å². The number of H-pyrrole nitrogens is 1. The minimum atomic E-state index is 0.500. The molecule has 0 unspecified atom stereocenters. The van der Waals surface area contributed by atoms with Crippen molar-refractivity contribution in [3.05, 3.63) is 36.5 Å². The molecule has 0 saturated carbocycles. The highest BCUT2D eigenvalue weighted by Gasteiger charge is 2.02. The van der Waals surface area contributed by atoms with E-state index in [-0.39, 0.29) is 0 Å². The van der Waals surface area contributed by atoms with Crippen LogP contribution in [0.4, 0.5) is 0 Å². The largest absolute Gasteiger partial charge is 0.348 e. The average Bonchev–Trinajstić information content (AvgIpc) is 2.76. The molecule has 2 heterocycles. The third-order valence-electron chi connectivity index (χ3n) is 2.09. The van der Waals surface area contributed by atoms with E-state index in [1.807, 2.05) is 18.3 Å². The maximum atomic E-state index is 10.2. The first-order valence-corrected chi connectivity index (χ1v) is 4.78. The molecule has 2 rings (SSSR count). The molecule has 0 aliphatic heterocycles. The highest BCUT2D eigenvalue weighted by atomic mass is 16.1. The number of nitrogens with one attached hydrogen (secondary N) is 1. The van der Waals surface area contributed by atoms with Crippen LogP contribution in [-0.4, -0.2) is 21.2 Å². The number of imidazole rings is 1. The number of pyridine rings is 1. The summed E-state index contributed by atoms with van der Waals surface area (Å²) in [6, 6.07) is 3.82. The summed E-state index contributed by atoms with van der Waals surface area (Å²) in [5, 5.41) is 0. The molecule has 0 spiro atoms. The Morgan fingerprint density at radius 2 is 2.40 bits per heavy atom. The van der Waals surface area contributed by atoms with Crippen LogP contribution in [0.5, 0.6) is 0 Å². The van der Waals surface area contributed by atoms with E-state index in [9.17, 15) is 4.79 Å². The van der Waals surface area contributed by atoms with Crippen LogP contribution < -0.4 is 0 Å². The molecular formula is C11H11N3O. The fourth-order valence-corrected chi connectivity index (χ4v) is 1.35. The number of aromatic amines is 1. The summed E-state index contributed by atoms with van der Waals surface area (Å²) in [7, 11) is 0. The number of carbonyl (C=O) groups is 1. The molecule has 0 aliphatic rings. The molecule has 0 saturated heterocycles. The van der Waals surface area contributed by atoms with Gasteiger partial charge < -0.3 is 9.78 Å². The normalized spacial score (nSPS) is 10.1. The number of carbonyl (C=O) groups excluding carboxylic acids is 1.